The van der Waals surface area contributed by atoms with Gasteiger partial charge in [0.25, 0.3) is 5.19 Å². The first-order valence-electron chi connectivity index (χ1n) is 6.04. The average molecular weight is 281 g/mol. The summed E-state index contributed by atoms with van der Waals surface area (Å²) >= 11 is 1.35. The lowest BCUT2D eigenvalue weighted by Crippen LogP contribution is -2.21. The molecule has 0 fully saturated rings. The molecule has 1 N–H and O–H groups in total. The molecule has 2 aromatic rings. The Morgan fingerprint density at radius 2 is 2.16 bits per heavy atom. The van der Waals surface area contributed by atoms with Crippen LogP contribution in [0.25, 0.3) is 0 Å². The molecule has 6 heteroatoms. The maximum absolute atomic E-state index is 13.4. The highest BCUT2D eigenvalue weighted by molar-refractivity contribution is 7.13. The number of nitrogens with zero attached hydrogens (tertiary/aromatic N) is 2. The van der Waals surface area contributed by atoms with Crippen molar-refractivity contribution in [1.29, 1.82) is 0 Å². The van der Waals surface area contributed by atoms with Crippen LogP contribution in [0.5, 0.6) is 10.9 Å². The maximum atomic E-state index is 13.4. The second-order valence-electron chi connectivity index (χ2n) is 4.51. The van der Waals surface area contributed by atoms with Crippen LogP contribution in [0.15, 0.2) is 18.2 Å². The quantitative estimate of drug-likeness (QED) is 0.913. The number of benzene rings is 1. The topological polar surface area (TPSA) is 47.0 Å². The van der Waals surface area contributed by atoms with E-state index in [4.69, 9.17) is 4.74 Å². The van der Waals surface area contributed by atoms with Crippen molar-refractivity contribution >= 4 is 11.3 Å². The van der Waals surface area contributed by atoms with Crippen molar-refractivity contribution in [3.8, 4) is 10.9 Å². The Bertz CT molecular complexity index is 557. The minimum absolute atomic E-state index is 0.288. The zero-order valence-corrected chi connectivity index (χ0v) is 11.9. The molecular formula is C13H16FN3OS. The van der Waals surface area contributed by atoms with E-state index in [0.717, 1.165) is 5.01 Å². The molecule has 0 saturated heterocycles. The van der Waals surface area contributed by atoms with E-state index < -0.39 is 0 Å². The monoisotopic (exact) mass is 281 g/mol. The van der Waals surface area contributed by atoms with E-state index in [1.165, 1.54) is 17.4 Å². The summed E-state index contributed by atoms with van der Waals surface area (Å²) in [5.74, 6) is 0.145. The summed E-state index contributed by atoms with van der Waals surface area (Å²) in [5, 5.41) is 12.4. The molecule has 1 aromatic heterocycles. The molecule has 0 amide bonds. The number of ether oxygens (including phenoxy) is 1. The zero-order chi connectivity index (χ0) is 13.8. The van der Waals surface area contributed by atoms with Crippen LogP contribution in [0, 0.1) is 12.7 Å². The predicted octanol–water partition coefficient (Wildman–Crippen LogP) is 3.28. The highest BCUT2D eigenvalue weighted by atomic mass is 32.1. The molecule has 1 aromatic carbocycles. The molecule has 2 rings (SSSR count). The highest BCUT2D eigenvalue weighted by Gasteiger charge is 2.08. The smallest absolute Gasteiger partial charge is 0.299 e. The molecule has 0 aliphatic carbocycles. The van der Waals surface area contributed by atoms with Gasteiger partial charge in [0, 0.05) is 12.1 Å². The molecule has 0 atom stereocenters. The SMILES string of the molecule is Cc1ccc(Oc2nnc(CNC(C)C)s2)cc1F. The van der Waals surface area contributed by atoms with Gasteiger partial charge in [-0.2, -0.15) is 0 Å². The molecule has 0 spiro atoms. The van der Waals surface area contributed by atoms with Gasteiger partial charge in [-0.15, -0.1) is 5.10 Å². The number of hydrogen-bond donors (Lipinski definition) is 1. The second kappa shape index (κ2) is 6.08. The fraction of sp³-hybridized carbons (Fsp3) is 0.385. The van der Waals surface area contributed by atoms with Crippen molar-refractivity contribution in [2.45, 2.75) is 33.4 Å². The summed E-state index contributed by atoms with van der Waals surface area (Å²) in [6.45, 7) is 6.49. The van der Waals surface area contributed by atoms with Gasteiger partial charge in [-0.3, -0.25) is 0 Å². The molecule has 0 aliphatic rings. The van der Waals surface area contributed by atoms with Gasteiger partial charge in [-0.1, -0.05) is 36.3 Å². The predicted molar refractivity (Wildman–Crippen MR) is 73.1 cm³/mol. The fourth-order valence-electron chi connectivity index (χ4n) is 1.38. The van der Waals surface area contributed by atoms with Crippen molar-refractivity contribution in [3.63, 3.8) is 0 Å². The molecule has 0 saturated carbocycles. The van der Waals surface area contributed by atoms with E-state index in [1.54, 1.807) is 19.1 Å². The highest BCUT2D eigenvalue weighted by Crippen LogP contribution is 2.26. The third-order valence-corrected chi connectivity index (χ3v) is 3.26. The Morgan fingerprint density at radius 1 is 1.37 bits per heavy atom. The molecule has 1 heterocycles. The molecule has 0 unspecified atom stereocenters. The van der Waals surface area contributed by atoms with Gasteiger partial charge >= 0.3 is 0 Å². The lowest BCUT2D eigenvalue weighted by atomic mass is 10.2. The van der Waals surface area contributed by atoms with Crippen molar-refractivity contribution in [1.82, 2.24) is 15.5 Å². The Kier molecular flexibility index (Phi) is 4.44. The lowest BCUT2D eigenvalue weighted by molar-refractivity contribution is 0.467. The minimum Gasteiger partial charge on any atom is -0.430 e. The standard InChI is InChI=1S/C13H16FN3OS/c1-8(2)15-7-12-16-17-13(19-12)18-10-5-4-9(3)11(14)6-10/h4-6,8,15H,7H2,1-3H3. The van der Waals surface area contributed by atoms with Gasteiger partial charge in [-0.25, -0.2) is 4.39 Å². The van der Waals surface area contributed by atoms with E-state index in [1.807, 2.05) is 0 Å². The van der Waals surface area contributed by atoms with E-state index in [2.05, 4.69) is 29.4 Å². The van der Waals surface area contributed by atoms with Crippen molar-refractivity contribution in [3.05, 3.63) is 34.6 Å². The molecule has 0 bridgehead atoms. The molecule has 0 radical (unpaired) electrons. The van der Waals surface area contributed by atoms with E-state index in [-0.39, 0.29) is 5.82 Å². The molecule has 102 valence electrons. The van der Waals surface area contributed by atoms with Crippen LogP contribution >= 0.6 is 11.3 Å². The Balaban J connectivity index is 2.01. The van der Waals surface area contributed by atoms with E-state index >= 15 is 0 Å². The summed E-state index contributed by atoms with van der Waals surface area (Å²) in [5.41, 5.74) is 0.589. The summed E-state index contributed by atoms with van der Waals surface area (Å²) in [6, 6.07) is 5.13. The van der Waals surface area contributed by atoms with Crippen molar-refractivity contribution < 1.29 is 9.13 Å². The van der Waals surface area contributed by atoms with Crippen molar-refractivity contribution in [2.24, 2.45) is 0 Å². The zero-order valence-electron chi connectivity index (χ0n) is 11.1. The molecule has 19 heavy (non-hydrogen) atoms. The Hall–Kier alpha value is -1.53. The number of hydrogen-bond acceptors (Lipinski definition) is 5. The first kappa shape index (κ1) is 13.9. The van der Waals surface area contributed by atoms with Crippen LogP contribution in [0.2, 0.25) is 0 Å². The van der Waals surface area contributed by atoms with Crippen molar-refractivity contribution in [2.75, 3.05) is 0 Å². The number of rotatable bonds is 5. The van der Waals surface area contributed by atoms with E-state index in [0.29, 0.717) is 29.1 Å². The minimum atomic E-state index is -0.288. The largest absolute Gasteiger partial charge is 0.430 e. The summed E-state index contributed by atoms with van der Waals surface area (Å²) in [6.07, 6.45) is 0. The van der Waals surface area contributed by atoms with Crippen LogP contribution < -0.4 is 10.1 Å². The summed E-state index contributed by atoms with van der Waals surface area (Å²) < 4.78 is 18.9. The van der Waals surface area contributed by atoms with Gasteiger partial charge in [-0.05, 0) is 18.6 Å². The second-order valence-corrected chi connectivity index (χ2v) is 5.53. The van der Waals surface area contributed by atoms with Crippen LogP contribution in [0.4, 0.5) is 4.39 Å². The fourth-order valence-corrected chi connectivity index (χ4v) is 2.04. The first-order valence-corrected chi connectivity index (χ1v) is 6.86. The summed E-state index contributed by atoms with van der Waals surface area (Å²) in [7, 11) is 0. The normalized spacial score (nSPS) is 11.0. The number of halogens is 1. The third kappa shape index (κ3) is 3.97. The molecular weight excluding hydrogens is 265 g/mol. The van der Waals surface area contributed by atoms with E-state index in [9.17, 15) is 4.39 Å². The molecule has 0 aliphatic heterocycles. The lowest BCUT2D eigenvalue weighted by Gasteiger charge is -2.04. The summed E-state index contributed by atoms with van der Waals surface area (Å²) in [4.78, 5) is 0. The Morgan fingerprint density at radius 3 is 2.84 bits per heavy atom. The third-order valence-electron chi connectivity index (χ3n) is 2.46. The van der Waals surface area contributed by atoms with Gasteiger partial charge in [0.1, 0.15) is 16.6 Å². The first-order chi connectivity index (χ1) is 9.04. The number of aryl methyl sites for hydroxylation is 1. The maximum Gasteiger partial charge on any atom is 0.299 e. The average Bonchev–Trinajstić information content (AvgIpc) is 2.79. The van der Waals surface area contributed by atoms with Gasteiger partial charge < -0.3 is 10.1 Å². The molecule has 4 nitrogen and oxygen atoms in total. The van der Waals surface area contributed by atoms with Crippen LogP contribution in [-0.2, 0) is 6.54 Å². The van der Waals surface area contributed by atoms with Gasteiger partial charge in [0.15, 0.2) is 0 Å². The van der Waals surface area contributed by atoms with Crippen LogP contribution in [0.3, 0.4) is 0 Å². The number of aromatic nitrogens is 2. The van der Waals surface area contributed by atoms with Crippen LogP contribution in [-0.4, -0.2) is 16.2 Å². The number of nitrogens with one attached hydrogen (secondary N) is 1. The Labute approximate surface area is 115 Å². The van der Waals surface area contributed by atoms with Gasteiger partial charge in [0.05, 0.1) is 6.54 Å². The van der Waals surface area contributed by atoms with Crippen LogP contribution in [0.1, 0.15) is 24.4 Å². The van der Waals surface area contributed by atoms with Gasteiger partial charge in [0.2, 0.25) is 0 Å².